The van der Waals surface area contributed by atoms with Gasteiger partial charge >= 0.3 is 0 Å². The first-order valence-electron chi connectivity index (χ1n) is 9.67. The van der Waals surface area contributed by atoms with Gasteiger partial charge in [0, 0.05) is 18.5 Å². The number of aromatic nitrogens is 4. The molecule has 9 heteroatoms. The third-order valence-electron chi connectivity index (χ3n) is 4.82. The van der Waals surface area contributed by atoms with Crippen molar-refractivity contribution in [2.45, 2.75) is 25.3 Å². The summed E-state index contributed by atoms with van der Waals surface area (Å²) in [6, 6.07) is 13.3. The minimum Gasteiger partial charge on any atom is -0.494 e. The maximum atomic E-state index is 12.7. The molecule has 0 saturated heterocycles. The second kappa shape index (κ2) is 8.32. The third kappa shape index (κ3) is 4.14. The Labute approximate surface area is 171 Å². The number of nitrogens with one attached hydrogen (secondary N) is 1. The number of amides is 1. The first-order chi connectivity index (χ1) is 14.6. The molecule has 0 bridgehead atoms. The smallest absolute Gasteiger partial charge is 0.275 e. The van der Waals surface area contributed by atoms with Crippen LogP contribution in [0, 0.1) is 0 Å². The van der Waals surface area contributed by atoms with E-state index in [9.17, 15) is 14.4 Å². The van der Waals surface area contributed by atoms with E-state index >= 15 is 0 Å². The van der Waals surface area contributed by atoms with E-state index in [0.717, 1.165) is 23.2 Å². The summed E-state index contributed by atoms with van der Waals surface area (Å²) in [4.78, 5) is 37.1. The Morgan fingerprint density at radius 3 is 2.57 bits per heavy atom. The van der Waals surface area contributed by atoms with Crippen LogP contribution in [0.5, 0.6) is 5.75 Å². The van der Waals surface area contributed by atoms with Crippen LogP contribution in [0.4, 0.5) is 0 Å². The first kappa shape index (κ1) is 19.6. The van der Waals surface area contributed by atoms with Gasteiger partial charge in [0.25, 0.3) is 17.0 Å². The number of carbonyl (C=O) groups excluding carboxylic acids is 1. The van der Waals surface area contributed by atoms with Crippen LogP contribution in [0.2, 0.25) is 0 Å². The molecule has 0 aliphatic heterocycles. The first-order valence-corrected chi connectivity index (χ1v) is 9.67. The Kier molecular flexibility index (Phi) is 5.42. The molecule has 1 amide bonds. The highest BCUT2D eigenvalue weighted by molar-refractivity contribution is 5.94. The predicted octanol–water partition coefficient (Wildman–Crippen LogP) is 1.11. The highest BCUT2D eigenvalue weighted by atomic mass is 16.5. The molecule has 30 heavy (non-hydrogen) atoms. The van der Waals surface area contributed by atoms with E-state index < -0.39 is 11.5 Å². The summed E-state index contributed by atoms with van der Waals surface area (Å²) in [5, 5.41) is 11.3. The Morgan fingerprint density at radius 1 is 1.10 bits per heavy atom. The minimum atomic E-state index is -0.511. The number of carbonyl (C=O) groups is 1. The molecule has 0 radical (unpaired) electrons. The van der Waals surface area contributed by atoms with Crippen LogP contribution in [-0.4, -0.2) is 39.1 Å². The summed E-state index contributed by atoms with van der Waals surface area (Å²) < 4.78 is 7.66. The standard InChI is InChI=1S/C21H21N5O4/c1-30-17-13-19(28)26(15-5-3-2-4-6-15)24-20(17)21(29)22-11-12-25-18(27)10-9-16(23-25)14-7-8-14/h2-6,9-10,13-14H,7-8,11-12H2,1H3,(H,22,29). The number of hydrogen-bond donors (Lipinski definition) is 1. The van der Waals surface area contributed by atoms with Crippen molar-refractivity contribution >= 4 is 5.91 Å². The van der Waals surface area contributed by atoms with Gasteiger partial charge in [-0.05, 0) is 31.0 Å². The molecule has 1 aliphatic rings. The normalized spacial score (nSPS) is 13.1. The fraction of sp³-hybridized carbons (Fsp3) is 0.286. The van der Waals surface area contributed by atoms with E-state index in [1.54, 1.807) is 30.3 Å². The highest BCUT2D eigenvalue weighted by Gasteiger charge is 2.25. The number of rotatable bonds is 7. The van der Waals surface area contributed by atoms with Crippen molar-refractivity contribution in [2.24, 2.45) is 0 Å². The summed E-state index contributed by atoms with van der Waals surface area (Å²) in [7, 11) is 1.37. The fourth-order valence-corrected chi connectivity index (χ4v) is 3.09. The van der Waals surface area contributed by atoms with E-state index in [4.69, 9.17) is 4.74 Å². The number of hydrogen-bond acceptors (Lipinski definition) is 6. The van der Waals surface area contributed by atoms with Crippen LogP contribution in [0.1, 0.15) is 34.9 Å². The van der Waals surface area contributed by atoms with Crippen LogP contribution in [0.3, 0.4) is 0 Å². The lowest BCUT2D eigenvalue weighted by Gasteiger charge is -2.12. The van der Waals surface area contributed by atoms with Crippen molar-refractivity contribution in [3.63, 3.8) is 0 Å². The predicted molar refractivity (Wildman–Crippen MR) is 109 cm³/mol. The molecule has 1 saturated carbocycles. The van der Waals surface area contributed by atoms with Gasteiger partial charge in [-0.15, -0.1) is 0 Å². The van der Waals surface area contributed by atoms with Crippen LogP contribution >= 0.6 is 0 Å². The molecule has 0 unspecified atom stereocenters. The van der Waals surface area contributed by atoms with Gasteiger partial charge in [0.15, 0.2) is 11.4 Å². The molecule has 1 aliphatic carbocycles. The lowest BCUT2D eigenvalue weighted by Crippen LogP contribution is -2.34. The van der Waals surface area contributed by atoms with Crippen LogP contribution in [0.25, 0.3) is 5.69 Å². The van der Waals surface area contributed by atoms with Crippen LogP contribution < -0.4 is 21.2 Å². The molecule has 2 aromatic heterocycles. The van der Waals surface area contributed by atoms with Gasteiger partial charge < -0.3 is 10.1 Å². The zero-order valence-corrected chi connectivity index (χ0v) is 16.4. The second-order valence-electron chi connectivity index (χ2n) is 7.00. The molecular weight excluding hydrogens is 386 g/mol. The van der Waals surface area contributed by atoms with Crippen LogP contribution in [0.15, 0.2) is 58.1 Å². The lowest BCUT2D eigenvalue weighted by molar-refractivity contribution is 0.0941. The maximum absolute atomic E-state index is 12.7. The van der Waals surface area contributed by atoms with Gasteiger partial charge in [-0.2, -0.15) is 14.9 Å². The van der Waals surface area contributed by atoms with Gasteiger partial charge in [-0.1, -0.05) is 18.2 Å². The number of nitrogens with zero attached hydrogens (tertiary/aromatic N) is 4. The van der Waals surface area contributed by atoms with Crippen molar-refractivity contribution in [3.8, 4) is 11.4 Å². The third-order valence-corrected chi connectivity index (χ3v) is 4.82. The van der Waals surface area contributed by atoms with Gasteiger partial charge in [0.1, 0.15) is 0 Å². The molecule has 9 nitrogen and oxygen atoms in total. The van der Waals surface area contributed by atoms with Crippen molar-refractivity contribution in [2.75, 3.05) is 13.7 Å². The maximum Gasteiger partial charge on any atom is 0.275 e. The SMILES string of the molecule is COc1cc(=O)n(-c2ccccc2)nc1C(=O)NCCn1nc(C2CC2)ccc1=O. The monoisotopic (exact) mass is 407 g/mol. The summed E-state index contributed by atoms with van der Waals surface area (Å²) in [5.74, 6) is -0.00225. The molecule has 1 fully saturated rings. The second-order valence-corrected chi connectivity index (χ2v) is 7.00. The van der Waals surface area contributed by atoms with E-state index in [2.05, 4.69) is 15.5 Å². The molecule has 3 aromatic rings. The molecule has 154 valence electrons. The average molecular weight is 407 g/mol. The van der Waals surface area contributed by atoms with E-state index in [1.807, 2.05) is 6.07 Å². The Balaban J connectivity index is 1.51. The molecule has 0 spiro atoms. The topological polar surface area (TPSA) is 108 Å². The Bertz CT molecular complexity index is 1180. The average Bonchev–Trinajstić information content (AvgIpc) is 3.60. The van der Waals surface area contributed by atoms with E-state index in [1.165, 1.54) is 23.9 Å². The molecule has 4 rings (SSSR count). The largest absolute Gasteiger partial charge is 0.494 e. The van der Waals surface area contributed by atoms with E-state index in [0.29, 0.717) is 11.6 Å². The van der Waals surface area contributed by atoms with Gasteiger partial charge in [-0.25, -0.2) is 4.68 Å². The summed E-state index contributed by atoms with van der Waals surface area (Å²) in [6.45, 7) is 0.404. The number of benzene rings is 1. The van der Waals surface area contributed by atoms with Crippen molar-refractivity contribution in [1.82, 2.24) is 24.9 Å². The molecule has 0 atom stereocenters. The number of para-hydroxylation sites is 1. The summed E-state index contributed by atoms with van der Waals surface area (Å²) in [6.07, 6.45) is 2.18. The Morgan fingerprint density at radius 2 is 1.87 bits per heavy atom. The molecule has 2 heterocycles. The molecule has 1 N–H and O–H groups in total. The number of ether oxygens (including phenoxy) is 1. The zero-order valence-electron chi connectivity index (χ0n) is 16.4. The summed E-state index contributed by atoms with van der Waals surface area (Å²) >= 11 is 0. The van der Waals surface area contributed by atoms with Gasteiger partial charge in [0.05, 0.1) is 31.1 Å². The number of methoxy groups -OCH3 is 1. The fourth-order valence-electron chi connectivity index (χ4n) is 3.09. The van der Waals surface area contributed by atoms with Gasteiger partial charge in [-0.3, -0.25) is 14.4 Å². The minimum absolute atomic E-state index is 0.0204. The lowest BCUT2D eigenvalue weighted by atomic mass is 10.3. The zero-order chi connectivity index (χ0) is 21.1. The van der Waals surface area contributed by atoms with Gasteiger partial charge in [0.2, 0.25) is 0 Å². The summed E-state index contributed by atoms with van der Waals surface area (Å²) in [5.41, 5.74) is 0.781. The van der Waals surface area contributed by atoms with E-state index in [-0.39, 0.29) is 30.1 Å². The van der Waals surface area contributed by atoms with Crippen molar-refractivity contribution in [3.05, 3.63) is 80.6 Å². The van der Waals surface area contributed by atoms with Crippen molar-refractivity contribution in [1.29, 1.82) is 0 Å². The highest BCUT2D eigenvalue weighted by Crippen LogP contribution is 2.38. The molecular formula is C21H21N5O4. The van der Waals surface area contributed by atoms with Crippen LogP contribution in [-0.2, 0) is 6.54 Å². The molecule has 1 aromatic carbocycles. The quantitative estimate of drug-likeness (QED) is 0.629. The Hall–Kier alpha value is -3.75. The van der Waals surface area contributed by atoms with Crippen molar-refractivity contribution < 1.29 is 9.53 Å².